The number of nitrogen functional groups attached to an aromatic ring is 1. The van der Waals surface area contributed by atoms with Crippen LogP contribution in [0.5, 0.6) is 5.75 Å². The Hall–Kier alpha value is -1.88. The Morgan fingerprint density at radius 1 is 1.05 bits per heavy atom. The Labute approximate surface area is 118 Å². The first-order chi connectivity index (χ1) is 9.39. The molecular weight excluding hydrogens is 291 g/mol. The lowest BCUT2D eigenvalue weighted by atomic mass is 10.2. The standard InChI is InChI=1S/C14H11ClF3NO/c15-11-5-3-6-12(19)9(11)8-20-13-7-2-1-4-10(13)14(16,17)18/h1-7H,8,19H2. The van der Waals surface area contributed by atoms with Gasteiger partial charge in [-0.3, -0.25) is 0 Å². The van der Waals surface area contributed by atoms with E-state index in [0.717, 1.165) is 6.07 Å². The highest BCUT2D eigenvalue weighted by molar-refractivity contribution is 6.31. The number of ether oxygens (including phenoxy) is 1. The van der Waals surface area contributed by atoms with Gasteiger partial charge in [-0.2, -0.15) is 13.2 Å². The van der Waals surface area contributed by atoms with E-state index in [1.165, 1.54) is 18.2 Å². The normalized spacial score (nSPS) is 11.4. The summed E-state index contributed by atoms with van der Waals surface area (Å²) in [7, 11) is 0. The van der Waals surface area contributed by atoms with Crippen LogP contribution in [0, 0.1) is 0 Å². The number of nitrogens with two attached hydrogens (primary N) is 1. The van der Waals surface area contributed by atoms with Gasteiger partial charge in [0.1, 0.15) is 12.4 Å². The minimum Gasteiger partial charge on any atom is -0.488 e. The van der Waals surface area contributed by atoms with Crippen LogP contribution in [0.3, 0.4) is 0 Å². The number of para-hydroxylation sites is 1. The Bertz CT molecular complexity index is 593. The first kappa shape index (κ1) is 14.5. The summed E-state index contributed by atoms with van der Waals surface area (Å²) in [6, 6.07) is 9.87. The molecule has 0 atom stereocenters. The van der Waals surface area contributed by atoms with E-state index in [1.54, 1.807) is 18.2 Å². The molecule has 2 rings (SSSR count). The van der Waals surface area contributed by atoms with Crippen molar-refractivity contribution in [3.63, 3.8) is 0 Å². The predicted octanol–water partition coefficient (Wildman–Crippen LogP) is 4.52. The molecule has 2 aromatic carbocycles. The third-order valence-electron chi connectivity index (χ3n) is 2.72. The SMILES string of the molecule is Nc1cccc(Cl)c1COc1ccccc1C(F)(F)F. The van der Waals surface area contributed by atoms with E-state index in [1.807, 2.05) is 0 Å². The van der Waals surface area contributed by atoms with Gasteiger partial charge in [0.25, 0.3) is 0 Å². The Morgan fingerprint density at radius 2 is 1.75 bits per heavy atom. The maximum atomic E-state index is 12.8. The maximum Gasteiger partial charge on any atom is 0.419 e. The lowest BCUT2D eigenvalue weighted by molar-refractivity contribution is -0.139. The summed E-state index contributed by atoms with van der Waals surface area (Å²) in [4.78, 5) is 0. The van der Waals surface area contributed by atoms with Crippen LogP contribution in [0.4, 0.5) is 18.9 Å². The highest BCUT2D eigenvalue weighted by atomic mass is 35.5. The zero-order valence-corrected chi connectivity index (χ0v) is 11.0. The van der Waals surface area contributed by atoms with E-state index >= 15 is 0 Å². The number of anilines is 1. The number of hydrogen-bond acceptors (Lipinski definition) is 2. The van der Waals surface area contributed by atoms with Crippen LogP contribution in [0.15, 0.2) is 42.5 Å². The molecule has 0 aliphatic heterocycles. The first-order valence-corrected chi connectivity index (χ1v) is 6.09. The van der Waals surface area contributed by atoms with E-state index in [-0.39, 0.29) is 12.4 Å². The second-order valence-electron chi connectivity index (χ2n) is 4.09. The molecule has 0 aromatic heterocycles. The van der Waals surface area contributed by atoms with E-state index in [2.05, 4.69) is 0 Å². The molecule has 0 saturated carbocycles. The topological polar surface area (TPSA) is 35.2 Å². The van der Waals surface area contributed by atoms with Crippen molar-refractivity contribution in [2.75, 3.05) is 5.73 Å². The summed E-state index contributed by atoms with van der Waals surface area (Å²) in [5.41, 5.74) is 5.74. The molecule has 0 unspecified atom stereocenters. The van der Waals surface area contributed by atoms with Gasteiger partial charge in [-0.1, -0.05) is 29.8 Å². The third-order valence-corrected chi connectivity index (χ3v) is 3.07. The van der Waals surface area contributed by atoms with E-state index in [9.17, 15) is 13.2 Å². The highest BCUT2D eigenvalue weighted by Crippen LogP contribution is 2.36. The van der Waals surface area contributed by atoms with Crippen LogP contribution < -0.4 is 10.5 Å². The van der Waals surface area contributed by atoms with Crippen molar-refractivity contribution in [3.8, 4) is 5.75 Å². The Morgan fingerprint density at radius 3 is 2.40 bits per heavy atom. The van der Waals surface area contributed by atoms with Crippen molar-refractivity contribution in [3.05, 3.63) is 58.6 Å². The van der Waals surface area contributed by atoms with Gasteiger partial charge in [-0.05, 0) is 24.3 Å². The largest absolute Gasteiger partial charge is 0.488 e. The lowest BCUT2D eigenvalue weighted by Crippen LogP contribution is -2.09. The Balaban J connectivity index is 2.24. The molecular formula is C14H11ClF3NO. The molecule has 0 bridgehead atoms. The molecule has 0 spiro atoms. The quantitative estimate of drug-likeness (QED) is 0.846. The monoisotopic (exact) mass is 301 g/mol. The smallest absolute Gasteiger partial charge is 0.419 e. The molecule has 2 nitrogen and oxygen atoms in total. The average molecular weight is 302 g/mol. The minimum atomic E-state index is -4.47. The van der Waals surface area contributed by atoms with Crippen LogP contribution >= 0.6 is 11.6 Å². The van der Waals surface area contributed by atoms with Gasteiger partial charge in [0, 0.05) is 16.3 Å². The number of halogens is 4. The third kappa shape index (κ3) is 3.17. The molecule has 0 aliphatic carbocycles. The van der Waals surface area contributed by atoms with Crippen molar-refractivity contribution < 1.29 is 17.9 Å². The summed E-state index contributed by atoms with van der Waals surface area (Å²) >= 11 is 5.94. The molecule has 0 heterocycles. The van der Waals surface area contributed by atoms with E-state index in [0.29, 0.717) is 16.3 Å². The maximum absolute atomic E-state index is 12.8. The van der Waals surface area contributed by atoms with Gasteiger partial charge in [0.15, 0.2) is 0 Å². The highest BCUT2D eigenvalue weighted by Gasteiger charge is 2.34. The van der Waals surface area contributed by atoms with Gasteiger partial charge < -0.3 is 10.5 Å². The molecule has 0 radical (unpaired) electrons. The van der Waals surface area contributed by atoms with Crippen molar-refractivity contribution in [2.24, 2.45) is 0 Å². The average Bonchev–Trinajstić information content (AvgIpc) is 2.37. The summed E-state index contributed by atoms with van der Waals surface area (Å²) in [5.74, 6) is -0.251. The summed E-state index contributed by atoms with van der Waals surface area (Å²) in [6.45, 7) is -0.126. The van der Waals surface area contributed by atoms with Crippen molar-refractivity contribution in [1.29, 1.82) is 0 Å². The van der Waals surface area contributed by atoms with Crippen LogP contribution in [0.1, 0.15) is 11.1 Å². The molecule has 2 aromatic rings. The van der Waals surface area contributed by atoms with Gasteiger partial charge in [0.2, 0.25) is 0 Å². The second-order valence-corrected chi connectivity index (χ2v) is 4.50. The predicted molar refractivity (Wildman–Crippen MR) is 71.6 cm³/mol. The molecule has 20 heavy (non-hydrogen) atoms. The summed E-state index contributed by atoms with van der Waals surface area (Å²) in [5, 5.41) is 0.356. The second kappa shape index (κ2) is 5.63. The lowest BCUT2D eigenvalue weighted by Gasteiger charge is -2.15. The minimum absolute atomic E-state index is 0.126. The molecule has 6 heteroatoms. The number of benzene rings is 2. The van der Waals surface area contributed by atoms with Gasteiger partial charge in [0.05, 0.1) is 5.56 Å². The van der Waals surface area contributed by atoms with Gasteiger partial charge in [-0.25, -0.2) is 0 Å². The van der Waals surface area contributed by atoms with Crippen LogP contribution in [-0.4, -0.2) is 0 Å². The van der Waals surface area contributed by atoms with Crippen molar-refractivity contribution in [2.45, 2.75) is 12.8 Å². The van der Waals surface area contributed by atoms with Crippen LogP contribution in [0.2, 0.25) is 5.02 Å². The van der Waals surface area contributed by atoms with E-state index in [4.69, 9.17) is 22.1 Å². The fourth-order valence-corrected chi connectivity index (χ4v) is 1.94. The molecule has 2 N–H and O–H groups in total. The molecule has 0 fully saturated rings. The van der Waals surface area contributed by atoms with Crippen LogP contribution in [-0.2, 0) is 12.8 Å². The Kier molecular flexibility index (Phi) is 4.09. The molecule has 0 saturated heterocycles. The molecule has 0 aliphatic rings. The zero-order valence-electron chi connectivity index (χ0n) is 10.2. The van der Waals surface area contributed by atoms with Crippen LogP contribution in [0.25, 0.3) is 0 Å². The molecule has 0 amide bonds. The summed E-state index contributed by atoms with van der Waals surface area (Å²) < 4.78 is 43.6. The van der Waals surface area contributed by atoms with Gasteiger partial charge >= 0.3 is 6.18 Å². The van der Waals surface area contributed by atoms with E-state index < -0.39 is 11.7 Å². The fourth-order valence-electron chi connectivity index (χ4n) is 1.70. The zero-order chi connectivity index (χ0) is 14.8. The number of hydrogen-bond donors (Lipinski definition) is 1. The number of rotatable bonds is 3. The molecule has 106 valence electrons. The fraction of sp³-hybridized carbons (Fsp3) is 0.143. The van der Waals surface area contributed by atoms with Gasteiger partial charge in [-0.15, -0.1) is 0 Å². The van der Waals surface area contributed by atoms with Crippen molar-refractivity contribution in [1.82, 2.24) is 0 Å². The van der Waals surface area contributed by atoms with Crippen molar-refractivity contribution >= 4 is 17.3 Å². The first-order valence-electron chi connectivity index (χ1n) is 5.71. The number of alkyl halides is 3. The summed E-state index contributed by atoms with van der Waals surface area (Å²) in [6.07, 6.45) is -4.47.